The SMILES string of the molecule is Cl.O=C1CNCCN1C1CCCN(Cc2c(F)ccc(Br)c2F)C1. The zero-order valence-corrected chi connectivity index (χ0v) is 15.6. The van der Waals surface area contributed by atoms with E-state index in [4.69, 9.17) is 0 Å². The molecule has 2 aliphatic rings. The van der Waals surface area contributed by atoms with Crippen molar-refractivity contribution < 1.29 is 13.6 Å². The predicted molar refractivity (Wildman–Crippen MR) is 94.2 cm³/mol. The molecule has 2 saturated heterocycles. The van der Waals surface area contributed by atoms with Gasteiger partial charge >= 0.3 is 0 Å². The van der Waals surface area contributed by atoms with E-state index in [1.165, 1.54) is 12.1 Å². The van der Waals surface area contributed by atoms with Gasteiger partial charge in [0, 0.05) is 37.8 Å². The van der Waals surface area contributed by atoms with Gasteiger partial charge in [-0.15, -0.1) is 12.4 Å². The maximum Gasteiger partial charge on any atom is 0.236 e. The van der Waals surface area contributed by atoms with Gasteiger partial charge in [0.15, 0.2) is 0 Å². The van der Waals surface area contributed by atoms with Crippen molar-refractivity contribution in [1.82, 2.24) is 15.1 Å². The number of piperidine rings is 1. The van der Waals surface area contributed by atoms with Crippen molar-refractivity contribution in [2.75, 3.05) is 32.7 Å². The summed E-state index contributed by atoms with van der Waals surface area (Å²) in [7, 11) is 0. The summed E-state index contributed by atoms with van der Waals surface area (Å²) < 4.78 is 28.4. The second-order valence-electron chi connectivity index (χ2n) is 6.12. The average Bonchev–Trinajstić information content (AvgIpc) is 2.56. The Kier molecular flexibility index (Phi) is 6.98. The van der Waals surface area contributed by atoms with E-state index in [0.717, 1.165) is 25.9 Å². The van der Waals surface area contributed by atoms with E-state index in [1.54, 1.807) is 0 Å². The minimum Gasteiger partial charge on any atom is -0.336 e. The second-order valence-corrected chi connectivity index (χ2v) is 6.97. The Morgan fingerprint density at radius 3 is 2.83 bits per heavy atom. The van der Waals surface area contributed by atoms with Crippen LogP contribution in [0.4, 0.5) is 8.78 Å². The lowest BCUT2D eigenvalue weighted by Crippen LogP contribution is -2.56. The summed E-state index contributed by atoms with van der Waals surface area (Å²) >= 11 is 3.11. The highest BCUT2D eigenvalue weighted by molar-refractivity contribution is 9.10. The van der Waals surface area contributed by atoms with E-state index in [-0.39, 0.29) is 40.9 Å². The molecular formula is C16H21BrClF2N3O. The Morgan fingerprint density at radius 2 is 2.08 bits per heavy atom. The van der Waals surface area contributed by atoms with Crippen LogP contribution in [0.1, 0.15) is 18.4 Å². The fourth-order valence-electron chi connectivity index (χ4n) is 3.37. The monoisotopic (exact) mass is 423 g/mol. The Balaban J connectivity index is 0.00000208. The molecule has 2 fully saturated rings. The van der Waals surface area contributed by atoms with Crippen LogP contribution < -0.4 is 5.32 Å². The first-order valence-electron chi connectivity index (χ1n) is 7.91. The Bertz CT molecular complexity index is 605. The molecule has 1 aromatic carbocycles. The lowest BCUT2D eigenvalue weighted by molar-refractivity contribution is -0.135. The largest absolute Gasteiger partial charge is 0.336 e. The van der Waals surface area contributed by atoms with Gasteiger partial charge in [-0.1, -0.05) is 0 Å². The molecule has 0 aromatic heterocycles. The van der Waals surface area contributed by atoms with Crippen LogP contribution in [0, 0.1) is 11.6 Å². The van der Waals surface area contributed by atoms with Crippen LogP contribution in [0.15, 0.2) is 16.6 Å². The van der Waals surface area contributed by atoms with Crippen molar-refractivity contribution in [1.29, 1.82) is 0 Å². The summed E-state index contributed by atoms with van der Waals surface area (Å²) in [6.07, 6.45) is 1.88. The molecule has 1 unspecified atom stereocenters. The van der Waals surface area contributed by atoms with Crippen molar-refractivity contribution >= 4 is 34.2 Å². The number of nitrogens with one attached hydrogen (secondary N) is 1. The van der Waals surface area contributed by atoms with Gasteiger partial charge in [-0.05, 0) is 47.4 Å². The van der Waals surface area contributed by atoms with Crippen LogP contribution in [0.5, 0.6) is 0 Å². The zero-order chi connectivity index (χ0) is 16.4. The third-order valence-electron chi connectivity index (χ3n) is 4.57. The number of hydrogen-bond donors (Lipinski definition) is 1. The molecule has 1 aromatic rings. The van der Waals surface area contributed by atoms with Crippen LogP contribution in [-0.4, -0.2) is 54.5 Å². The number of benzene rings is 1. The number of nitrogens with zero attached hydrogens (tertiary/aromatic N) is 2. The summed E-state index contributed by atoms with van der Waals surface area (Å²) in [6, 6.07) is 2.80. The van der Waals surface area contributed by atoms with Crippen LogP contribution in [0.25, 0.3) is 0 Å². The number of carbonyl (C=O) groups excluding carboxylic acids is 1. The van der Waals surface area contributed by atoms with Gasteiger partial charge in [0.2, 0.25) is 5.91 Å². The first kappa shape index (κ1) is 19.6. The standard InChI is InChI=1S/C16H20BrF2N3O.ClH/c17-13-3-4-14(18)12(16(13)19)10-21-6-1-2-11(9-21)22-7-5-20-8-15(22)23;/h3-4,11,20H,1-2,5-10H2;1H. The quantitative estimate of drug-likeness (QED) is 0.758. The molecule has 8 heteroatoms. The van der Waals surface area contributed by atoms with E-state index in [0.29, 0.717) is 19.6 Å². The molecule has 3 rings (SSSR count). The van der Waals surface area contributed by atoms with Gasteiger partial charge in [-0.3, -0.25) is 9.69 Å². The highest BCUT2D eigenvalue weighted by atomic mass is 79.9. The number of halogens is 4. The molecule has 1 atom stereocenters. The summed E-state index contributed by atoms with van der Waals surface area (Å²) in [4.78, 5) is 16.0. The molecule has 24 heavy (non-hydrogen) atoms. The van der Waals surface area contributed by atoms with Gasteiger partial charge in [0.25, 0.3) is 0 Å². The first-order chi connectivity index (χ1) is 11.1. The van der Waals surface area contributed by atoms with Gasteiger partial charge in [0.1, 0.15) is 11.6 Å². The minimum atomic E-state index is -0.537. The van der Waals surface area contributed by atoms with Crippen molar-refractivity contribution in [2.24, 2.45) is 0 Å². The lowest BCUT2D eigenvalue weighted by atomic mass is 10.0. The summed E-state index contributed by atoms with van der Waals surface area (Å²) in [6.45, 7) is 3.58. The summed E-state index contributed by atoms with van der Waals surface area (Å²) in [5, 5.41) is 3.07. The number of likely N-dealkylation sites (tertiary alicyclic amines) is 1. The number of piperazine rings is 1. The lowest BCUT2D eigenvalue weighted by Gasteiger charge is -2.41. The molecule has 1 N–H and O–H groups in total. The fraction of sp³-hybridized carbons (Fsp3) is 0.562. The minimum absolute atomic E-state index is 0. The van der Waals surface area contributed by atoms with Crippen molar-refractivity contribution in [2.45, 2.75) is 25.4 Å². The molecule has 2 aliphatic heterocycles. The molecule has 0 spiro atoms. The van der Waals surface area contributed by atoms with Crippen molar-refractivity contribution in [3.05, 3.63) is 33.8 Å². The van der Waals surface area contributed by atoms with E-state index in [9.17, 15) is 13.6 Å². The third kappa shape index (κ3) is 4.25. The number of amides is 1. The maximum absolute atomic E-state index is 14.1. The van der Waals surface area contributed by atoms with Crippen molar-refractivity contribution in [3.63, 3.8) is 0 Å². The van der Waals surface area contributed by atoms with E-state index < -0.39 is 11.6 Å². The van der Waals surface area contributed by atoms with Crippen molar-refractivity contribution in [3.8, 4) is 0 Å². The molecule has 0 aliphatic carbocycles. The Labute approximate surface area is 155 Å². The summed E-state index contributed by atoms with van der Waals surface area (Å²) in [5.41, 5.74) is 0.0895. The van der Waals surface area contributed by atoms with Crippen LogP contribution in [-0.2, 0) is 11.3 Å². The highest BCUT2D eigenvalue weighted by Gasteiger charge is 2.30. The summed E-state index contributed by atoms with van der Waals surface area (Å²) in [5.74, 6) is -0.945. The molecule has 134 valence electrons. The van der Waals surface area contributed by atoms with E-state index in [2.05, 4.69) is 21.2 Å². The van der Waals surface area contributed by atoms with Gasteiger partial charge in [0.05, 0.1) is 11.0 Å². The van der Waals surface area contributed by atoms with Crippen LogP contribution in [0.3, 0.4) is 0 Å². The third-order valence-corrected chi connectivity index (χ3v) is 5.18. The smallest absolute Gasteiger partial charge is 0.236 e. The number of hydrogen-bond acceptors (Lipinski definition) is 3. The molecule has 1 amide bonds. The molecular weight excluding hydrogens is 404 g/mol. The predicted octanol–water partition coefficient (Wildman–Crippen LogP) is 2.55. The number of rotatable bonds is 3. The van der Waals surface area contributed by atoms with Gasteiger partial charge in [-0.2, -0.15) is 0 Å². The molecule has 2 heterocycles. The molecule has 4 nitrogen and oxygen atoms in total. The fourth-order valence-corrected chi connectivity index (χ4v) is 3.75. The second kappa shape index (κ2) is 8.56. The molecule has 0 bridgehead atoms. The number of carbonyl (C=O) groups is 1. The molecule has 0 saturated carbocycles. The Hall–Kier alpha value is -0.760. The van der Waals surface area contributed by atoms with Crippen LogP contribution >= 0.6 is 28.3 Å². The topological polar surface area (TPSA) is 35.6 Å². The normalized spacial score (nSPS) is 22.4. The average molecular weight is 425 g/mol. The van der Waals surface area contributed by atoms with E-state index >= 15 is 0 Å². The molecule has 0 radical (unpaired) electrons. The highest BCUT2D eigenvalue weighted by Crippen LogP contribution is 2.25. The Morgan fingerprint density at radius 1 is 1.29 bits per heavy atom. The first-order valence-corrected chi connectivity index (χ1v) is 8.70. The van der Waals surface area contributed by atoms with Gasteiger partial charge in [-0.25, -0.2) is 8.78 Å². The maximum atomic E-state index is 14.1. The zero-order valence-electron chi connectivity index (χ0n) is 13.2. The van der Waals surface area contributed by atoms with Crippen LogP contribution in [0.2, 0.25) is 0 Å². The van der Waals surface area contributed by atoms with E-state index in [1.807, 2.05) is 9.80 Å². The van der Waals surface area contributed by atoms with Gasteiger partial charge < -0.3 is 10.2 Å².